The molecule has 0 radical (unpaired) electrons. The maximum absolute atomic E-state index is 12.3. The molecule has 6 heteroatoms. The highest BCUT2D eigenvalue weighted by atomic mass is 32.2. The van der Waals surface area contributed by atoms with E-state index in [1.807, 2.05) is 37.3 Å². The number of rotatable bonds is 5. The molecule has 0 atom stereocenters. The molecule has 0 aliphatic rings. The molecule has 5 nitrogen and oxygen atoms in total. The Labute approximate surface area is 127 Å². The molecular weight excluding hydrogens is 286 g/mol. The fourth-order valence-corrected chi connectivity index (χ4v) is 2.74. The van der Waals surface area contributed by atoms with E-state index < -0.39 is 0 Å². The Bertz CT molecular complexity index is 670. The monoisotopic (exact) mass is 303 g/mol. The zero-order chi connectivity index (χ0) is 15.2. The lowest BCUT2D eigenvalue weighted by Crippen LogP contribution is -2.32. The number of hydrogen-bond acceptors (Lipinski definition) is 4. The Morgan fingerprint density at radius 2 is 2.05 bits per heavy atom. The van der Waals surface area contributed by atoms with Crippen molar-refractivity contribution in [1.82, 2.24) is 9.97 Å². The average molecular weight is 303 g/mol. The minimum atomic E-state index is -0.201. The van der Waals surface area contributed by atoms with E-state index in [1.54, 1.807) is 11.8 Å². The number of benzene rings is 1. The van der Waals surface area contributed by atoms with Gasteiger partial charge in [0, 0.05) is 24.0 Å². The molecule has 0 spiro atoms. The number of anilines is 1. The summed E-state index contributed by atoms with van der Waals surface area (Å²) in [5.41, 5.74) is 1.31. The molecule has 0 aliphatic heterocycles. The maximum atomic E-state index is 12.3. The van der Waals surface area contributed by atoms with Crippen molar-refractivity contribution in [2.45, 2.75) is 19.0 Å². The number of para-hydroxylation sites is 1. The van der Waals surface area contributed by atoms with Crippen LogP contribution in [0.2, 0.25) is 0 Å². The third-order valence-corrected chi connectivity index (χ3v) is 3.72. The van der Waals surface area contributed by atoms with Gasteiger partial charge in [-0.2, -0.15) is 0 Å². The molecule has 0 bridgehead atoms. The summed E-state index contributed by atoms with van der Waals surface area (Å²) in [4.78, 5) is 32.2. The van der Waals surface area contributed by atoms with Crippen molar-refractivity contribution in [3.63, 3.8) is 0 Å². The first-order valence-electron chi connectivity index (χ1n) is 6.66. The number of carbonyl (C=O) groups excluding carboxylic acids is 1. The predicted molar refractivity (Wildman–Crippen MR) is 84.8 cm³/mol. The molecule has 110 valence electrons. The molecule has 1 aromatic heterocycles. The minimum absolute atomic E-state index is 0.0159. The Hall–Kier alpha value is -2.08. The SMILES string of the molecule is CCN(C(=O)CSc1nc(C)cc(=O)[nH]1)c1ccccc1. The summed E-state index contributed by atoms with van der Waals surface area (Å²) in [6.45, 7) is 4.28. The van der Waals surface area contributed by atoms with Crippen molar-refractivity contribution in [2.24, 2.45) is 0 Å². The fraction of sp³-hybridized carbons (Fsp3) is 0.267. The molecule has 1 amide bonds. The van der Waals surface area contributed by atoms with E-state index in [0.29, 0.717) is 17.4 Å². The summed E-state index contributed by atoms with van der Waals surface area (Å²) < 4.78 is 0. The Morgan fingerprint density at radius 1 is 1.33 bits per heavy atom. The number of aromatic amines is 1. The summed E-state index contributed by atoms with van der Waals surface area (Å²) in [6, 6.07) is 10.9. The molecule has 1 aromatic carbocycles. The van der Waals surface area contributed by atoms with Gasteiger partial charge in [0.05, 0.1) is 5.75 Å². The van der Waals surface area contributed by atoms with Crippen LogP contribution in [-0.4, -0.2) is 28.2 Å². The molecule has 0 saturated heterocycles. The van der Waals surface area contributed by atoms with Gasteiger partial charge in [-0.15, -0.1) is 0 Å². The summed E-state index contributed by atoms with van der Waals surface area (Å²) in [5, 5.41) is 0.470. The minimum Gasteiger partial charge on any atom is -0.312 e. The quantitative estimate of drug-likeness (QED) is 0.679. The van der Waals surface area contributed by atoms with Crippen LogP contribution >= 0.6 is 11.8 Å². The van der Waals surface area contributed by atoms with Gasteiger partial charge in [-0.05, 0) is 26.0 Å². The van der Waals surface area contributed by atoms with Crippen molar-refractivity contribution < 1.29 is 4.79 Å². The molecule has 1 heterocycles. The maximum Gasteiger partial charge on any atom is 0.251 e. The van der Waals surface area contributed by atoms with E-state index in [0.717, 1.165) is 5.69 Å². The van der Waals surface area contributed by atoms with Crippen LogP contribution in [0, 0.1) is 6.92 Å². The van der Waals surface area contributed by atoms with Crippen molar-refractivity contribution in [1.29, 1.82) is 0 Å². The summed E-state index contributed by atoms with van der Waals surface area (Å²) in [5.74, 6) is 0.215. The zero-order valence-electron chi connectivity index (χ0n) is 12.0. The van der Waals surface area contributed by atoms with Gasteiger partial charge < -0.3 is 9.88 Å². The molecule has 2 rings (SSSR count). The lowest BCUT2D eigenvalue weighted by atomic mass is 10.3. The highest BCUT2D eigenvalue weighted by Gasteiger charge is 2.14. The number of amides is 1. The van der Waals surface area contributed by atoms with Crippen LogP contribution in [0.1, 0.15) is 12.6 Å². The smallest absolute Gasteiger partial charge is 0.251 e. The van der Waals surface area contributed by atoms with Crippen LogP contribution in [-0.2, 0) is 4.79 Å². The van der Waals surface area contributed by atoms with E-state index in [4.69, 9.17) is 0 Å². The Balaban J connectivity index is 2.05. The summed E-state index contributed by atoms with van der Waals surface area (Å²) >= 11 is 1.24. The van der Waals surface area contributed by atoms with Crippen molar-refractivity contribution in [3.05, 3.63) is 52.4 Å². The number of aryl methyl sites for hydroxylation is 1. The van der Waals surface area contributed by atoms with Crippen LogP contribution in [0.15, 0.2) is 46.3 Å². The lowest BCUT2D eigenvalue weighted by Gasteiger charge is -2.20. The predicted octanol–water partition coefficient (Wildman–Crippen LogP) is 2.22. The number of H-pyrrole nitrogens is 1. The van der Waals surface area contributed by atoms with Crippen LogP contribution in [0.4, 0.5) is 5.69 Å². The molecule has 21 heavy (non-hydrogen) atoms. The first-order chi connectivity index (χ1) is 10.1. The highest BCUT2D eigenvalue weighted by molar-refractivity contribution is 7.99. The molecule has 0 aliphatic carbocycles. The number of hydrogen-bond donors (Lipinski definition) is 1. The number of nitrogens with zero attached hydrogens (tertiary/aromatic N) is 2. The van der Waals surface area contributed by atoms with E-state index in [-0.39, 0.29) is 17.2 Å². The number of aromatic nitrogens is 2. The molecule has 2 aromatic rings. The Morgan fingerprint density at radius 3 is 2.67 bits per heavy atom. The molecule has 0 fully saturated rings. The number of nitrogens with one attached hydrogen (secondary N) is 1. The van der Waals surface area contributed by atoms with Gasteiger partial charge >= 0.3 is 0 Å². The second-order valence-corrected chi connectivity index (χ2v) is 5.42. The van der Waals surface area contributed by atoms with Crippen molar-refractivity contribution in [2.75, 3.05) is 17.2 Å². The van der Waals surface area contributed by atoms with Gasteiger partial charge in [0.1, 0.15) is 0 Å². The van der Waals surface area contributed by atoms with Crippen LogP contribution in [0.5, 0.6) is 0 Å². The van der Waals surface area contributed by atoms with Gasteiger partial charge in [0.15, 0.2) is 5.16 Å². The van der Waals surface area contributed by atoms with Gasteiger partial charge in [-0.3, -0.25) is 9.59 Å². The van der Waals surface area contributed by atoms with E-state index in [1.165, 1.54) is 17.8 Å². The largest absolute Gasteiger partial charge is 0.312 e. The Kier molecular flexibility index (Phi) is 5.16. The van der Waals surface area contributed by atoms with Gasteiger partial charge in [0.25, 0.3) is 5.56 Å². The van der Waals surface area contributed by atoms with E-state index >= 15 is 0 Å². The van der Waals surface area contributed by atoms with Crippen LogP contribution in [0.3, 0.4) is 0 Å². The average Bonchev–Trinajstić information content (AvgIpc) is 2.46. The number of carbonyl (C=O) groups is 1. The fourth-order valence-electron chi connectivity index (χ4n) is 1.94. The summed E-state index contributed by atoms with van der Waals surface area (Å²) in [6.07, 6.45) is 0. The van der Waals surface area contributed by atoms with Crippen LogP contribution < -0.4 is 10.5 Å². The van der Waals surface area contributed by atoms with E-state index in [2.05, 4.69) is 9.97 Å². The van der Waals surface area contributed by atoms with Crippen molar-refractivity contribution >= 4 is 23.4 Å². The normalized spacial score (nSPS) is 10.4. The molecule has 1 N–H and O–H groups in total. The molecule has 0 unspecified atom stereocenters. The highest BCUT2D eigenvalue weighted by Crippen LogP contribution is 2.17. The molecular formula is C15H17N3O2S. The first kappa shape index (κ1) is 15.3. The van der Waals surface area contributed by atoms with Crippen molar-refractivity contribution in [3.8, 4) is 0 Å². The third kappa shape index (κ3) is 4.19. The molecule has 0 saturated carbocycles. The van der Waals surface area contributed by atoms with Crippen LogP contribution in [0.25, 0.3) is 0 Å². The van der Waals surface area contributed by atoms with Gasteiger partial charge in [-0.25, -0.2) is 4.98 Å². The zero-order valence-corrected chi connectivity index (χ0v) is 12.8. The second-order valence-electron chi connectivity index (χ2n) is 4.45. The first-order valence-corrected chi connectivity index (χ1v) is 7.65. The summed E-state index contributed by atoms with van der Waals surface area (Å²) in [7, 11) is 0. The second kappa shape index (κ2) is 7.08. The van der Waals surface area contributed by atoms with Gasteiger partial charge in [-0.1, -0.05) is 30.0 Å². The van der Waals surface area contributed by atoms with E-state index in [9.17, 15) is 9.59 Å². The topological polar surface area (TPSA) is 66.1 Å². The standard InChI is InChI=1S/C15H17N3O2S/c1-3-18(12-7-5-4-6-8-12)14(20)10-21-15-16-11(2)9-13(19)17-15/h4-9H,3,10H2,1-2H3,(H,16,17,19). The van der Waals surface area contributed by atoms with Gasteiger partial charge in [0.2, 0.25) is 5.91 Å². The lowest BCUT2D eigenvalue weighted by molar-refractivity contribution is -0.116. The third-order valence-electron chi connectivity index (χ3n) is 2.87. The number of thioether (sulfide) groups is 1.